The van der Waals surface area contributed by atoms with E-state index in [9.17, 15) is 0 Å². The van der Waals surface area contributed by atoms with Gasteiger partial charge in [-0.15, -0.1) is 12.4 Å². The Kier molecular flexibility index (Phi) is 6.95. The summed E-state index contributed by atoms with van der Waals surface area (Å²) >= 11 is 0. The highest BCUT2D eigenvalue weighted by Crippen LogP contribution is 2.24. The van der Waals surface area contributed by atoms with Crippen LogP contribution in [-0.2, 0) is 0 Å². The van der Waals surface area contributed by atoms with Crippen LogP contribution in [0.3, 0.4) is 0 Å². The van der Waals surface area contributed by atoms with Crippen LogP contribution in [0, 0.1) is 13.8 Å². The Bertz CT molecular complexity index is 969. The van der Waals surface area contributed by atoms with Gasteiger partial charge in [-0.05, 0) is 74.2 Å². The topological polar surface area (TPSA) is 75.2 Å². The maximum Gasteiger partial charge on any atom is 0.233 e. The molecule has 2 heterocycles. The number of hydrogen-bond donors (Lipinski definition) is 2. The summed E-state index contributed by atoms with van der Waals surface area (Å²) in [5.41, 5.74) is 4.24. The predicted octanol–water partition coefficient (Wildman–Crippen LogP) is 5.01. The monoisotopic (exact) mass is 426 g/mol. The van der Waals surface area contributed by atoms with Crippen LogP contribution in [0.15, 0.2) is 42.5 Å². The number of benzene rings is 2. The van der Waals surface area contributed by atoms with Crippen molar-refractivity contribution in [2.45, 2.75) is 26.7 Å². The molecular weight excluding hydrogens is 400 g/mol. The van der Waals surface area contributed by atoms with Gasteiger partial charge in [0.2, 0.25) is 17.8 Å². The van der Waals surface area contributed by atoms with E-state index >= 15 is 0 Å². The molecule has 0 atom stereocenters. The van der Waals surface area contributed by atoms with Crippen molar-refractivity contribution in [2.24, 2.45) is 0 Å². The van der Waals surface area contributed by atoms with Gasteiger partial charge in [0, 0.05) is 24.5 Å². The van der Waals surface area contributed by atoms with E-state index in [-0.39, 0.29) is 12.4 Å². The Morgan fingerprint density at radius 3 is 1.93 bits per heavy atom. The summed E-state index contributed by atoms with van der Waals surface area (Å²) in [5.74, 6) is 2.54. The van der Waals surface area contributed by atoms with E-state index < -0.39 is 0 Å². The molecule has 2 aromatic carbocycles. The number of methoxy groups -OCH3 is 1. The average molecular weight is 427 g/mol. The number of aryl methyl sites for hydroxylation is 2. The molecule has 0 saturated carbocycles. The summed E-state index contributed by atoms with van der Waals surface area (Å²) in [7, 11) is 1.65. The van der Waals surface area contributed by atoms with Crippen molar-refractivity contribution in [3.05, 3.63) is 53.6 Å². The van der Waals surface area contributed by atoms with E-state index in [0.29, 0.717) is 17.8 Å². The maximum absolute atomic E-state index is 5.23. The molecule has 30 heavy (non-hydrogen) atoms. The SMILES string of the molecule is COc1ccc(Nc2nc(Nc3cc(C)cc(C)c3)nc(N3CCCC3)n2)cc1.Cl. The minimum Gasteiger partial charge on any atom is -0.497 e. The minimum absolute atomic E-state index is 0. The van der Waals surface area contributed by atoms with Crippen molar-refractivity contribution >= 4 is 41.6 Å². The van der Waals surface area contributed by atoms with Crippen LogP contribution in [0.2, 0.25) is 0 Å². The predicted molar refractivity (Wildman–Crippen MR) is 124 cm³/mol. The quantitative estimate of drug-likeness (QED) is 0.574. The van der Waals surface area contributed by atoms with Gasteiger partial charge in [-0.1, -0.05) is 6.07 Å². The van der Waals surface area contributed by atoms with Gasteiger partial charge in [0.25, 0.3) is 0 Å². The Morgan fingerprint density at radius 1 is 0.800 bits per heavy atom. The molecule has 0 spiro atoms. The number of halogens is 1. The molecule has 1 aromatic heterocycles. The highest BCUT2D eigenvalue weighted by Gasteiger charge is 2.18. The van der Waals surface area contributed by atoms with Crippen LogP contribution in [-0.4, -0.2) is 35.2 Å². The lowest BCUT2D eigenvalue weighted by Gasteiger charge is -2.17. The van der Waals surface area contributed by atoms with Gasteiger partial charge >= 0.3 is 0 Å². The molecule has 158 valence electrons. The van der Waals surface area contributed by atoms with Crippen LogP contribution in [0.4, 0.5) is 29.2 Å². The summed E-state index contributed by atoms with van der Waals surface area (Å²) < 4.78 is 5.23. The summed E-state index contributed by atoms with van der Waals surface area (Å²) in [6.07, 6.45) is 2.32. The Labute approximate surface area is 183 Å². The van der Waals surface area contributed by atoms with Crippen molar-refractivity contribution in [1.82, 2.24) is 15.0 Å². The molecule has 0 radical (unpaired) electrons. The molecule has 1 aliphatic heterocycles. The van der Waals surface area contributed by atoms with Crippen LogP contribution in [0.5, 0.6) is 5.75 Å². The third kappa shape index (κ3) is 5.30. The van der Waals surface area contributed by atoms with E-state index in [1.165, 1.54) is 11.1 Å². The van der Waals surface area contributed by atoms with Gasteiger partial charge in [0.15, 0.2) is 0 Å². The summed E-state index contributed by atoms with van der Waals surface area (Å²) in [4.78, 5) is 16.1. The Balaban J connectivity index is 0.00000256. The molecule has 0 bridgehead atoms. The summed E-state index contributed by atoms with van der Waals surface area (Å²) in [6.45, 7) is 6.10. The average Bonchev–Trinajstić information content (AvgIpc) is 3.22. The van der Waals surface area contributed by atoms with Gasteiger partial charge in [0.1, 0.15) is 5.75 Å². The van der Waals surface area contributed by atoms with Crippen LogP contribution < -0.4 is 20.3 Å². The first kappa shape index (κ1) is 21.6. The van der Waals surface area contributed by atoms with Crippen LogP contribution >= 0.6 is 12.4 Å². The van der Waals surface area contributed by atoms with Crippen molar-refractivity contribution in [3.8, 4) is 5.75 Å². The largest absolute Gasteiger partial charge is 0.497 e. The fourth-order valence-corrected chi connectivity index (χ4v) is 3.51. The van der Waals surface area contributed by atoms with Crippen molar-refractivity contribution < 1.29 is 4.74 Å². The van der Waals surface area contributed by atoms with Crippen LogP contribution in [0.25, 0.3) is 0 Å². The zero-order chi connectivity index (χ0) is 20.2. The highest BCUT2D eigenvalue weighted by atomic mass is 35.5. The molecule has 0 aliphatic carbocycles. The van der Waals surface area contributed by atoms with Gasteiger partial charge in [-0.25, -0.2) is 0 Å². The number of ether oxygens (including phenoxy) is 1. The summed E-state index contributed by atoms with van der Waals surface area (Å²) in [5, 5.41) is 6.63. The van der Waals surface area contributed by atoms with Crippen molar-refractivity contribution in [2.75, 3.05) is 35.7 Å². The van der Waals surface area contributed by atoms with Gasteiger partial charge < -0.3 is 20.3 Å². The molecule has 3 aromatic rings. The lowest BCUT2D eigenvalue weighted by atomic mass is 10.1. The number of hydrogen-bond acceptors (Lipinski definition) is 7. The van der Waals surface area contributed by atoms with Gasteiger partial charge in [-0.2, -0.15) is 15.0 Å². The van der Waals surface area contributed by atoms with Crippen LogP contribution in [0.1, 0.15) is 24.0 Å². The fraction of sp³-hybridized carbons (Fsp3) is 0.318. The second-order valence-corrected chi connectivity index (χ2v) is 7.33. The zero-order valence-electron chi connectivity index (χ0n) is 17.5. The number of nitrogens with zero attached hydrogens (tertiary/aromatic N) is 4. The molecule has 0 unspecified atom stereocenters. The first-order valence-corrected chi connectivity index (χ1v) is 9.86. The van der Waals surface area contributed by atoms with E-state index in [1.54, 1.807) is 7.11 Å². The van der Waals surface area contributed by atoms with Crippen molar-refractivity contribution in [3.63, 3.8) is 0 Å². The lowest BCUT2D eigenvalue weighted by molar-refractivity contribution is 0.415. The zero-order valence-corrected chi connectivity index (χ0v) is 18.3. The second kappa shape index (κ2) is 9.63. The number of aromatic nitrogens is 3. The molecule has 4 rings (SSSR count). The standard InChI is InChI=1S/C22H26N6O.ClH/c1-15-12-16(2)14-18(13-15)24-21-25-20(23-17-6-8-19(29-3)9-7-17)26-22(27-21)28-10-4-5-11-28;/h6-9,12-14H,4-5,10-11H2,1-3H3,(H2,23,24,25,26,27);1H. The molecule has 2 N–H and O–H groups in total. The van der Waals surface area contributed by atoms with E-state index in [2.05, 4.69) is 62.5 Å². The highest BCUT2D eigenvalue weighted by molar-refractivity contribution is 5.85. The minimum atomic E-state index is 0. The third-order valence-corrected chi connectivity index (χ3v) is 4.84. The third-order valence-electron chi connectivity index (χ3n) is 4.84. The first-order valence-electron chi connectivity index (χ1n) is 9.86. The molecule has 0 amide bonds. The van der Waals surface area contributed by atoms with E-state index in [4.69, 9.17) is 4.74 Å². The molecule has 1 saturated heterocycles. The smallest absolute Gasteiger partial charge is 0.233 e. The van der Waals surface area contributed by atoms with E-state index in [1.807, 2.05) is 24.3 Å². The lowest BCUT2D eigenvalue weighted by Crippen LogP contribution is -2.21. The number of anilines is 5. The fourth-order valence-electron chi connectivity index (χ4n) is 3.51. The Morgan fingerprint density at radius 2 is 1.37 bits per heavy atom. The first-order chi connectivity index (χ1) is 14.1. The van der Waals surface area contributed by atoms with Crippen molar-refractivity contribution in [1.29, 1.82) is 0 Å². The number of nitrogens with one attached hydrogen (secondary N) is 2. The van der Waals surface area contributed by atoms with Gasteiger partial charge in [0.05, 0.1) is 7.11 Å². The molecule has 8 heteroatoms. The van der Waals surface area contributed by atoms with E-state index in [0.717, 1.165) is 43.1 Å². The van der Waals surface area contributed by atoms with Gasteiger partial charge in [-0.3, -0.25) is 0 Å². The number of rotatable bonds is 6. The maximum atomic E-state index is 5.23. The second-order valence-electron chi connectivity index (χ2n) is 7.33. The molecular formula is C22H27ClN6O. The molecule has 1 fully saturated rings. The molecule has 1 aliphatic rings. The normalized spacial score (nSPS) is 13.0. The molecule has 7 nitrogen and oxygen atoms in total. The Hall–Kier alpha value is -3.06. The summed E-state index contributed by atoms with van der Waals surface area (Å²) in [6, 6.07) is 14.0.